The lowest BCUT2D eigenvalue weighted by atomic mass is 9.76. The number of methoxy groups -OCH3 is 2. The molecule has 0 fully saturated rings. The molecule has 0 saturated heterocycles. The lowest BCUT2D eigenvalue weighted by Crippen LogP contribution is -2.32. The number of nitrogens with one attached hydrogen (secondary N) is 2. The number of carboxylic acid groups (broad SMARTS) is 1. The Morgan fingerprint density at radius 3 is 1.85 bits per heavy atom. The molecule has 368 valence electrons. The first-order valence-electron chi connectivity index (χ1n) is 21.8. The molecule has 2 aromatic carbocycles. The second kappa shape index (κ2) is 23.4. The van der Waals surface area contributed by atoms with E-state index in [9.17, 15) is 52.7 Å². The topological polar surface area (TPSA) is 263 Å². The maximum atomic E-state index is 13.4. The van der Waals surface area contributed by atoms with E-state index in [1.165, 1.54) is 26.4 Å². The van der Waals surface area contributed by atoms with Crippen molar-refractivity contribution in [3.8, 4) is 0 Å². The van der Waals surface area contributed by atoms with Crippen molar-refractivity contribution >= 4 is 63.3 Å². The minimum absolute atomic E-state index is 0.00239. The summed E-state index contributed by atoms with van der Waals surface area (Å²) in [6.07, 6.45) is 12.0. The van der Waals surface area contributed by atoms with Gasteiger partial charge in [0, 0.05) is 81.2 Å². The monoisotopic (exact) mass is 1000 g/mol. The number of hydrogen-bond acceptors (Lipinski definition) is 12. The molecule has 5 N–H and O–H groups in total. The highest BCUT2D eigenvalue weighted by Gasteiger charge is 2.48. The largest absolute Gasteiger partial charge is 0.481 e. The summed E-state index contributed by atoms with van der Waals surface area (Å²) in [5.74, 6) is -1.92. The molecule has 0 spiro atoms. The molecule has 66 heavy (non-hydrogen) atoms. The first-order chi connectivity index (χ1) is 30.9. The molecule has 2 heterocycles. The number of nitrogens with zero attached hydrogens (tertiary/aromatic N) is 2. The summed E-state index contributed by atoms with van der Waals surface area (Å²) < 4.78 is 137. The summed E-state index contributed by atoms with van der Waals surface area (Å²) in [7, 11) is -13.6. The van der Waals surface area contributed by atoms with Crippen LogP contribution >= 0.6 is 0 Å². The summed E-state index contributed by atoms with van der Waals surface area (Å²) in [4.78, 5) is 13.3. The van der Waals surface area contributed by atoms with Crippen LogP contribution in [0.1, 0.15) is 89.7 Å². The van der Waals surface area contributed by atoms with E-state index in [0.29, 0.717) is 61.3 Å². The minimum Gasteiger partial charge on any atom is -0.481 e. The van der Waals surface area contributed by atoms with Crippen LogP contribution in [-0.2, 0) is 65.4 Å². The average Bonchev–Trinajstić information content (AvgIpc) is 3.59. The number of aliphatic carboxylic acids is 1. The van der Waals surface area contributed by atoms with E-state index in [1.807, 2.05) is 37.8 Å². The fraction of sp³-hybridized carbons (Fsp3) is 0.545. The van der Waals surface area contributed by atoms with Gasteiger partial charge >= 0.3 is 5.97 Å². The number of unbranched alkanes of at least 4 members (excludes halogenated alkanes) is 2. The summed E-state index contributed by atoms with van der Waals surface area (Å²) in [6, 6.07) is 9.63. The molecule has 2 aliphatic heterocycles. The molecule has 4 rings (SSSR count). The quantitative estimate of drug-likeness (QED) is 0.0309. The van der Waals surface area contributed by atoms with Gasteiger partial charge in [-0.3, -0.25) is 13.9 Å². The van der Waals surface area contributed by atoms with E-state index < -0.39 is 68.6 Å². The smallest absolute Gasteiger partial charge is 0.303 e. The highest BCUT2D eigenvalue weighted by Crippen LogP contribution is 2.51. The van der Waals surface area contributed by atoms with Gasteiger partial charge in [0.15, 0.2) is 5.71 Å². The van der Waals surface area contributed by atoms with Crippen molar-refractivity contribution in [2.24, 2.45) is 0 Å². The molecule has 0 saturated carbocycles. The Morgan fingerprint density at radius 2 is 1.30 bits per heavy atom. The lowest BCUT2D eigenvalue weighted by Gasteiger charge is -2.30. The molecule has 0 radical (unpaired) electrons. The Kier molecular flexibility index (Phi) is 19.5. The van der Waals surface area contributed by atoms with Crippen molar-refractivity contribution in [3.05, 3.63) is 83.6 Å². The van der Waals surface area contributed by atoms with Gasteiger partial charge in [0.1, 0.15) is 6.54 Å². The van der Waals surface area contributed by atoms with Crippen LogP contribution < -0.4 is 14.3 Å². The summed E-state index contributed by atoms with van der Waals surface area (Å²) in [5, 5.41) is 9.21. The van der Waals surface area contributed by atoms with Crippen molar-refractivity contribution in [2.45, 2.75) is 99.2 Å². The molecule has 0 aliphatic carbocycles. The molecule has 0 aromatic heterocycles. The Bertz CT molecular complexity index is 2630. The van der Waals surface area contributed by atoms with Crippen molar-refractivity contribution in [2.75, 3.05) is 70.0 Å². The molecule has 0 amide bonds. The van der Waals surface area contributed by atoms with E-state index in [2.05, 4.69) is 14.0 Å². The predicted molar refractivity (Wildman–Crippen MR) is 253 cm³/mol. The van der Waals surface area contributed by atoms with Crippen LogP contribution in [0.4, 0.5) is 11.4 Å². The van der Waals surface area contributed by atoms with Crippen molar-refractivity contribution < 1.29 is 66.7 Å². The molecule has 2 atom stereocenters. The zero-order chi connectivity index (χ0) is 49.0. The highest BCUT2D eigenvalue weighted by molar-refractivity contribution is 7.89. The van der Waals surface area contributed by atoms with E-state index in [-0.39, 0.29) is 68.2 Å². The fourth-order valence-corrected chi connectivity index (χ4v) is 11.7. The second-order valence-corrected chi connectivity index (χ2v) is 23.4. The highest BCUT2D eigenvalue weighted by atomic mass is 32.2. The molecule has 18 nitrogen and oxygen atoms in total. The first-order valence-corrected chi connectivity index (χ1v) is 28.0. The van der Waals surface area contributed by atoms with Crippen LogP contribution in [0.3, 0.4) is 0 Å². The fourth-order valence-electron chi connectivity index (χ4n) is 8.65. The van der Waals surface area contributed by atoms with E-state index >= 15 is 0 Å². The summed E-state index contributed by atoms with van der Waals surface area (Å²) in [6.45, 7) is 7.19. The van der Waals surface area contributed by atoms with Crippen molar-refractivity contribution in [1.82, 2.24) is 9.44 Å². The molecular weight excluding hydrogens is 937 g/mol. The van der Waals surface area contributed by atoms with Gasteiger partial charge in [0.25, 0.3) is 20.2 Å². The number of sulfonamides is 2. The first kappa shape index (κ1) is 54.8. The van der Waals surface area contributed by atoms with Crippen LogP contribution in [0.5, 0.6) is 0 Å². The normalized spacial score (nSPS) is 19.7. The van der Waals surface area contributed by atoms with Crippen LogP contribution in [0.15, 0.2) is 82.3 Å². The number of fused-ring (bicyclic) bond motifs is 2. The zero-order valence-corrected chi connectivity index (χ0v) is 41.5. The van der Waals surface area contributed by atoms with Gasteiger partial charge < -0.3 is 19.5 Å². The Labute approximate surface area is 390 Å². The second-order valence-electron chi connectivity index (χ2n) is 16.8. The maximum Gasteiger partial charge on any atom is 0.303 e. The average molecular weight is 1000 g/mol. The number of benzene rings is 2. The van der Waals surface area contributed by atoms with E-state index in [0.717, 1.165) is 11.4 Å². The van der Waals surface area contributed by atoms with Crippen LogP contribution in [0, 0.1) is 0 Å². The third-order valence-corrected chi connectivity index (χ3v) is 16.4. The molecule has 22 heteroatoms. The molecule has 2 aliphatic rings. The maximum absolute atomic E-state index is 13.4. The van der Waals surface area contributed by atoms with Gasteiger partial charge in [-0.15, -0.1) is 0 Å². The Hall–Kier alpha value is -3.84. The third kappa shape index (κ3) is 14.3. The van der Waals surface area contributed by atoms with Crippen LogP contribution in [0.2, 0.25) is 0 Å². The molecular formula is C44H65N4O14S4+. The third-order valence-electron chi connectivity index (χ3n) is 11.8. The summed E-state index contributed by atoms with van der Waals surface area (Å²) >= 11 is 0. The number of hydrogen-bond donors (Lipinski definition) is 5. The Morgan fingerprint density at radius 1 is 0.742 bits per heavy atom. The van der Waals surface area contributed by atoms with Crippen LogP contribution in [0.25, 0.3) is 0 Å². The number of carboxylic acids is 1. The standard InChI is InChI=1S/C44H64N4O14S4/c1-6-26-47-38-20-18-34(65(57,58)45-24-28-61-4)32-36(38)43(2,22-13-30-63(51,52)53)40(47)15-9-7-10-16-41-44(3,23-14-31-64(54,55)56)37-33-35(66(59,60)46-25-29-62-5)19-21-39(37)48(41)27-12-8-11-17-42(49)50/h7,9-10,15-16,18-21,32-33,45-46H,6,8,11-14,17,22-31H2,1-5H3,(H2-,49,50,51,52,53,54,55,56)/p+1. The number of carbonyl (C=O) groups is 1. The van der Waals surface area contributed by atoms with Gasteiger partial charge in [-0.25, -0.2) is 26.3 Å². The molecule has 2 unspecified atom stereocenters. The molecule has 0 bridgehead atoms. The van der Waals surface area contributed by atoms with Gasteiger partial charge in [-0.05, 0) is 94.3 Å². The number of allylic oxidation sites excluding steroid dienone is 6. The van der Waals surface area contributed by atoms with Gasteiger partial charge in [0.2, 0.25) is 25.7 Å². The SMILES string of the molecule is CCC[N+]1=C(/C=C/C=C/C=C2/N(CCCCCC(=O)O)c3ccc(S(=O)(=O)NCCOC)cc3C2(C)CCCS(=O)(=O)O)C(C)(CCCS(=O)(=O)O)c2cc(S(=O)(=O)NCCOC)ccc21. The van der Waals surface area contributed by atoms with Crippen molar-refractivity contribution in [1.29, 1.82) is 0 Å². The number of anilines is 1. The van der Waals surface area contributed by atoms with E-state index in [1.54, 1.807) is 42.5 Å². The number of ether oxygens (including phenoxy) is 2. The Balaban J connectivity index is 1.82. The molecule has 2 aromatic rings. The van der Waals surface area contributed by atoms with Gasteiger partial charge in [0.05, 0.1) is 39.9 Å². The van der Waals surface area contributed by atoms with Gasteiger partial charge in [-0.2, -0.15) is 21.4 Å². The van der Waals surface area contributed by atoms with E-state index in [4.69, 9.17) is 9.47 Å². The predicted octanol–water partition coefficient (Wildman–Crippen LogP) is 5.06. The van der Waals surface area contributed by atoms with Crippen LogP contribution in [-0.4, -0.2) is 129 Å². The van der Waals surface area contributed by atoms with Gasteiger partial charge in [-0.1, -0.05) is 31.6 Å². The minimum atomic E-state index is -4.33. The number of rotatable bonds is 29. The summed E-state index contributed by atoms with van der Waals surface area (Å²) in [5.41, 5.74) is 2.37. The lowest BCUT2D eigenvalue weighted by molar-refractivity contribution is -0.437. The zero-order valence-electron chi connectivity index (χ0n) is 38.2. The van der Waals surface area contributed by atoms with Crippen molar-refractivity contribution in [3.63, 3.8) is 0 Å².